The zero-order valence-electron chi connectivity index (χ0n) is 8.24. The molecule has 1 atom stereocenters. The van der Waals surface area contributed by atoms with Crippen LogP contribution in [0.1, 0.15) is 12.8 Å². The lowest BCUT2D eigenvalue weighted by Gasteiger charge is -2.32. The van der Waals surface area contributed by atoms with Gasteiger partial charge in [-0.3, -0.25) is 4.79 Å². The summed E-state index contributed by atoms with van der Waals surface area (Å²) in [7, 11) is 5.24. The molecule has 0 spiro atoms. The van der Waals surface area contributed by atoms with Crippen molar-refractivity contribution in [3.8, 4) is 0 Å². The van der Waals surface area contributed by atoms with Crippen LogP contribution in [0.4, 0.5) is 4.39 Å². The Hall–Kier alpha value is -1.33. The second-order valence-electron chi connectivity index (χ2n) is 3.29. The normalized spacial score (nSPS) is 26.2. The van der Waals surface area contributed by atoms with E-state index in [1.165, 1.54) is 6.08 Å². The average Bonchev–Trinajstić information content (AvgIpc) is 2.22. The third-order valence-electron chi connectivity index (χ3n) is 2.18. The lowest BCUT2D eigenvalue weighted by Crippen LogP contribution is -2.54. The molecule has 0 aromatic heterocycles. The van der Waals surface area contributed by atoms with Crippen molar-refractivity contribution in [3.05, 3.63) is 12.7 Å². The number of hydrogen-bond acceptors (Lipinski definition) is 3. The molecule has 80 valence electrons. The van der Waals surface area contributed by atoms with E-state index in [-0.39, 0.29) is 19.6 Å². The molecule has 1 amide bonds. The Morgan fingerprint density at radius 1 is 1.80 bits per heavy atom. The molecule has 0 aromatic rings. The highest BCUT2D eigenvalue weighted by atomic mass is 19.1. The van der Waals surface area contributed by atoms with Crippen molar-refractivity contribution in [2.24, 2.45) is 0 Å². The van der Waals surface area contributed by atoms with Gasteiger partial charge in [0.25, 0.3) is 11.6 Å². The maximum absolute atomic E-state index is 14.0. The number of ether oxygens (including phenoxy) is 1. The molecule has 6 heteroatoms. The minimum absolute atomic E-state index is 0.123. The van der Waals surface area contributed by atoms with Gasteiger partial charge < -0.3 is 9.55 Å². The number of halogens is 1. The summed E-state index contributed by atoms with van der Waals surface area (Å²) in [6, 6.07) is 0. The zero-order valence-corrected chi connectivity index (χ0v) is 8.24. The predicted molar refractivity (Wildman–Crippen MR) is 51.7 cm³/mol. The van der Waals surface area contributed by atoms with Crippen LogP contribution in [0.25, 0.3) is 0 Å². The van der Waals surface area contributed by atoms with E-state index in [9.17, 15) is 14.0 Å². The first-order valence-corrected chi connectivity index (χ1v) is 4.56. The molecule has 1 aliphatic heterocycles. The van der Waals surface area contributed by atoms with E-state index in [2.05, 4.69) is 11.3 Å². The molecule has 0 saturated carbocycles. The van der Waals surface area contributed by atoms with Crippen LogP contribution in [0.15, 0.2) is 12.7 Å². The molecule has 2 radical (unpaired) electrons. The summed E-state index contributed by atoms with van der Waals surface area (Å²) in [4.78, 5) is 23.3. The second kappa shape index (κ2) is 4.46. The topological polar surface area (TPSA) is 46.6 Å². The molecular weight excluding hydrogens is 200 g/mol. The summed E-state index contributed by atoms with van der Waals surface area (Å²) in [5.41, 5.74) is -2.63. The van der Waals surface area contributed by atoms with Crippen molar-refractivity contribution in [2.45, 2.75) is 18.5 Å². The standard InChI is InChI=1S/C9H11BFNO3/c1-2-6-15-8(14)9(11)4-3-5-12(10)7(9)13/h2H,1,3-6H2. The Balaban J connectivity index is 2.75. The van der Waals surface area contributed by atoms with Crippen LogP contribution >= 0.6 is 0 Å². The van der Waals surface area contributed by atoms with E-state index < -0.39 is 17.5 Å². The van der Waals surface area contributed by atoms with Gasteiger partial charge in [0.15, 0.2) is 0 Å². The first-order valence-electron chi connectivity index (χ1n) is 4.56. The number of amides is 1. The third-order valence-corrected chi connectivity index (χ3v) is 2.18. The fourth-order valence-corrected chi connectivity index (χ4v) is 1.37. The first kappa shape index (κ1) is 11.7. The number of hydrogen-bond donors (Lipinski definition) is 0. The van der Waals surface area contributed by atoms with Crippen molar-refractivity contribution in [1.29, 1.82) is 0 Å². The molecular formula is C9H11BFNO3. The molecule has 4 nitrogen and oxygen atoms in total. The van der Waals surface area contributed by atoms with Gasteiger partial charge in [0, 0.05) is 13.0 Å². The van der Waals surface area contributed by atoms with Crippen LogP contribution < -0.4 is 0 Å². The number of rotatable bonds is 3. The Bertz CT molecular complexity index is 297. The summed E-state index contributed by atoms with van der Waals surface area (Å²) in [5, 5.41) is 0. The Labute approximate surface area is 88.5 Å². The van der Waals surface area contributed by atoms with Gasteiger partial charge in [0.05, 0.1) is 0 Å². The van der Waals surface area contributed by atoms with Gasteiger partial charge in [-0.1, -0.05) is 12.7 Å². The average molecular weight is 211 g/mol. The predicted octanol–water partition coefficient (Wildman–Crippen LogP) is 0.130. The van der Waals surface area contributed by atoms with Crippen molar-refractivity contribution >= 4 is 19.9 Å². The highest BCUT2D eigenvalue weighted by molar-refractivity contribution is 6.20. The van der Waals surface area contributed by atoms with Gasteiger partial charge in [-0.15, -0.1) is 0 Å². The molecule has 0 aromatic carbocycles. The van der Waals surface area contributed by atoms with Gasteiger partial charge in [-0.2, -0.15) is 0 Å². The van der Waals surface area contributed by atoms with E-state index >= 15 is 0 Å². The molecule has 1 saturated heterocycles. The Kier molecular flexibility index (Phi) is 3.50. The van der Waals surface area contributed by atoms with Gasteiger partial charge in [0.2, 0.25) is 7.98 Å². The number of carbonyl (C=O) groups is 2. The second-order valence-corrected chi connectivity index (χ2v) is 3.29. The van der Waals surface area contributed by atoms with Crippen molar-refractivity contribution in [2.75, 3.05) is 13.2 Å². The smallest absolute Gasteiger partial charge is 0.354 e. The van der Waals surface area contributed by atoms with Crippen LogP contribution in [-0.2, 0) is 14.3 Å². The summed E-state index contributed by atoms with van der Waals surface area (Å²) in [6.07, 6.45) is 1.45. The lowest BCUT2D eigenvalue weighted by molar-refractivity contribution is -0.167. The van der Waals surface area contributed by atoms with Crippen molar-refractivity contribution in [3.63, 3.8) is 0 Å². The number of carbonyl (C=O) groups excluding carboxylic acids is 2. The van der Waals surface area contributed by atoms with Crippen molar-refractivity contribution in [1.82, 2.24) is 4.81 Å². The molecule has 1 fully saturated rings. The number of piperidine rings is 1. The molecule has 0 N–H and O–H groups in total. The number of nitrogens with zero attached hydrogens (tertiary/aromatic N) is 1. The summed E-state index contributed by atoms with van der Waals surface area (Å²) >= 11 is 0. The van der Waals surface area contributed by atoms with E-state index in [0.29, 0.717) is 11.2 Å². The van der Waals surface area contributed by atoms with Gasteiger partial charge >= 0.3 is 5.97 Å². The number of alkyl halides is 1. The van der Waals surface area contributed by atoms with Crippen LogP contribution in [0.2, 0.25) is 0 Å². The monoisotopic (exact) mass is 211 g/mol. The largest absolute Gasteiger partial charge is 0.459 e. The minimum atomic E-state index is -2.63. The quantitative estimate of drug-likeness (QED) is 0.288. The highest BCUT2D eigenvalue weighted by Gasteiger charge is 2.51. The molecule has 1 unspecified atom stereocenters. The van der Waals surface area contributed by atoms with E-state index in [0.717, 1.165) is 0 Å². The SMILES string of the molecule is [B]N1CCCC(F)(C(=O)OCC=C)C1=O. The van der Waals surface area contributed by atoms with Crippen LogP contribution in [0.3, 0.4) is 0 Å². The van der Waals surface area contributed by atoms with Gasteiger partial charge in [0.1, 0.15) is 6.61 Å². The molecule has 1 heterocycles. The molecule has 1 aliphatic rings. The molecule has 0 bridgehead atoms. The Morgan fingerprint density at radius 3 is 3.07 bits per heavy atom. The van der Waals surface area contributed by atoms with E-state index in [1.54, 1.807) is 0 Å². The lowest BCUT2D eigenvalue weighted by atomic mass is 9.92. The van der Waals surface area contributed by atoms with Crippen LogP contribution in [0, 0.1) is 0 Å². The fourth-order valence-electron chi connectivity index (χ4n) is 1.37. The summed E-state index contributed by atoms with van der Waals surface area (Å²) in [5.74, 6) is -2.23. The minimum Gasteiger partial charge on any atom is -0.459 e. The van der Waals surface area contributed by atoms with Crippen LogP contribution in [-0.4, -0.2) is 43.5 Å². The van der Waals surface area contributed by atoms with Gasteiger partial charge in [-0.05, 0) is 6.42 Å². The maximum Gasteiger partial charge on any atom is 0.354 e. The number of esters is 1. The maximum atomic E-state index is 14.0. The fraction of sp³-hybridized carbons (Fsp3) is 0.556. The van der Waals surface area contributed by atoms with Gasteiger partial charge in [-0.25, -0.2) is 9.18 Å². The first-order chi connectivity index (χ1) is 7.02. The molecule has 0 aliphatic carbocycles. The summed E-state index contributed by atoms with van der Waals surface area (Å²) < 4.78 is 18.5. The van der Waals surface area contributed by atoms with Crippen molar-refractivity contribution < 1.29 is 18.7 Å². The molecule has 15 heavy (non-hydrogen) atoms. The summed E-state index contributed by atoms with van der Waals surface area (Å²) in [6.45, 7) is 3.44. The Morgan fingerprint density at radius 2 is 2.47 bits per heavy atom. The zero-order chi connectivity index (χ0) is 11.5. The highest BCUT2D eigenvalue weighted by Crippen LogP contribution is 2.27. The van der Waals surface area contributed by atoms with E-state index in [1.807, 2.05) is 0 Å². The molecule has 1 rings (SSSR count). The van der Waals surface area contributed by atoms with E-state index in [4.69, 9.17) is 7.98 Å². The third kappa shape index (κ3) is 2.19. The van der Waals surface area contributed by atoms with Crippen LogP contribution in [0.5, 0.6) is 0 Å².